The Hall–Kier alpha value is -5.76. The number of fused-ring (bicyclic) bond motifs is 9. The lowest BCUT2D eigenvalue weighted by Crippen LogP contribution is -2.54. The highest BCUT2D eigenvalue weighted by atomic mass is 32.1. The highest BCUT2D eigenvalue weighted by molar-refractivity contribution is 7.26. The lowest BCUT2D eigenvalue weighted by Gasteiger charge is -2.45. The van der Waals surface area contributed by atoms with Gasteiger partial charge in [-0.1, -0.05) is 121 Å². The van der Waals surface area contributed by atoms with Gasteiger partial charge in [0.2, 0.25) is 0 Å². The fourth-order valence-electron chi connectivity index (χ4n) is 8.33. The summed E-state index contributed by atoms with van der Waals surface area (Å²) in [4.78, 5) is 2.36. The molecule has 11 rings (SSSR count). The summed E-state index contributed by atoms with van der Waals surface area (Å²) in [5.74, 6) is 0. The van der Waals surface area contributed by atoms with E-state index < -0.39 is 0 Å². The third-order valence-electron chi connectivity index (χ3n) is 10.9. The maximum Gasteiger partial charge on any atom is 0.141 e. The van der Waals surface area contributed by atoms with Gasteiger partial charge in [0.05, 0.1) is 18.5 Å². The average Bonchev–Trinajstić information content (AvgIpc) is 3.89. The quantitative estimate of drug-likeness (QED) is 0.192. The van der Waals surface area contributed by atoms with Crippen LogP contribution < -0.4 is 10.6 Å². The molecule has 1 fully saturated rings. The molecular weight excluding hydrogens is 659 g/mol. The molecule has 7 aromatic carbocycles. The molecule has 52 heavy (non-hydrogen) atoms. The van der Waals surface area contributed by atoms with E-state index in [1.807, 2.05) is 23.5 Å². The molecule has 5 nitrogen and oxygen atoms in total. The monoisotopic (exact) mass is 691 g/mol. The van der Waals surface area contributed by atoms with E-state index in [9.17, 15) is 0 Å². The number of hydrogen-bond donors (Lipinski definition) is 2. The zero-order chi connectivity index (χ0) is 34.3. The largest absolute Gasteiger partial charge is 0.456 e. The molecule has 3 atom stereocenters. The fourth-order valence-corrected chi connectivity index (χ4v) is 9.57. The van der Waals surface area contributed by atoms with Crippen LogP contribution in [0.4, 0.5) is 0 Å². The first-order valence-electron chi connectivity index (χ1n) is 17.7. The number of nitrogens with zero attached hydrogens (tertiary/aromatic N) is 1. The molecule has 0 aliphatic carbocycles. The van der Waals surface area contributed by atoms with E-state index >= 15 is 0 Å². The summed E-state index contributed by atoms with van der Waals surface area (Å²) < 4.78 is 15.7. The minimum Gasteiger partial charge on any atom is -0.456 e. The molecule has 1 saturated heterocycles. The second-order valence-electron chi connectivity index (χ2n) is 13.8. The zero-order valence-electron chi connectivity index (χ0n) is 28.3. The first kappa shape index (κ1) is 29.9. The summed E-state index contributed by atoms with van der Waals surface area (Å²) in [7, 11) is 2.17. The Kier molecular flexibility index (Phi) is 6.69. The Morgan fingerprint density at radius 3 is 2.13 bits per heavy atom. The predicted molar refractivity (Wildman–Crippen MR) is 214 cm³/mol. The predicted octanol–water partition coefficient (Wildman–Crippen LogP) is 12.0. The number of hydrogen-bond acceptors (Lipinski definition) is 6. The SMILES string of the molecule is CN1C(c2ccccc2)NC(c2cccc3c2oc2ccc(-c4cccc5c4sc4ccccc45)cc23)NC1c1ccc2c(c1)oc1ccccc12. The molecule has 0 bridgehead atoms. The number of rotatable bonds is 4. The van der Waals surface area contributed by atoms with E-state index in [0.29, 0.717) is 0 Å². The molecule has 10 aromatic rings. The molecule has 4 heterocycles. The number of furan rings is 2. The Morgan fingerprint density at radius 1 is 0.519 bits per heavy atom. The van der Waals surface area contributed by atoms with Gasteiger partial charge in [0.15, 0.2) is 0 Å². The average molecular weight is 692 g/mol. The standard InChI is InChI=1S/C46H33N3O2S/c1-49-45(27-11-3-2-4-12-27)47-44(48-46(49)29-21-23-32-31-13-5-7-19-38(31)50-40(32)26-29)36-18-10-16-34-37-25-28(22-24-39(37)51-42(34)36)30-15-9-17-35-33-14-6-8-20-41(33)52-43(30)35/h2-26,44-48H,1H3. The third kappa shape index (κ3) is 4.59. The zero-order valence-corrected chi connectivity index (χ0v) is 29.2. The van der Waals surface area contributed by atoms with Gasteiger partial charge in [-0.2, -0.15) is 0 Å². The normalized spacial score (nSPS) is 18.4. The lowest BCUT2D eigenvalue weighted by atomic mass is 9.99. The summed E-state index contributed by atoms with van der Waals surface area (Å²) in [5, 5.41) is 15.0. The van der Waals surface area contributed by atoms with Crippen molar-refractivity contribution < 1.29 is 8.83 Å². The summed E-state index contributed by atoms with van der Waals surface area (Å²) in [6.07, 6.45) is -0.368. The van der Waals surface area contributed by atoms with Crippen molar-refractivity contribution in [2.24, 2.45) is 0 Å². The molecule has 1 aliphatic heterocycles. The number of nitrogens with one attached hydrogen (secondary N) is 2. The second kappa shape index (κ2) is 11.6. The summed E-state index contributed by atoms with van der Waals surface area (Å²) in [5.41, 5.74) is 9.42. The van der Waals surface area contributed by atoms with Gasteiger partial charge in [-0.05, 0) is 59.6 Å². The van der Waals surface area contributed by atoms with Crippen molar-refractivity contribution in [3.05, 3.63) is 168 Å². The molecule has 0 radical (unpaired) electrons. The summed E-state index contributed by atoms with van der Waals surface area (Å²) >= 11 is 1.86. The van der Waals surface area contributed by atoms with E-state index in [-0.39, 0.29) is 18.5 Å². The van der Waals surface area contributed by atoms with Gasteiger partial charge in [0.25, 0.3) is 0 Å². The van der Waals surface area contributed by atoms with E-state index in [1.165, 1.54) is 36.9 Å². The number of benzene rings is 7. The van der Waals surface area contributed by atoms with Gasteiger partial charge >= 0.3 is 0 Å². The van der Waals surface area contributed by atoms with Gasteiger partial charge in [0, 0.05) is 47.3 Å². The van der Waals surface area contributed by atoms with Crippen molar-refractivity contribution >= 4 is 75.4 Å². The number of para-hydroxylation sites is 2. The van der Waals surface area contributed by atoms with Crippen LogP contribution in [0.2, 0.25) is 0 Å². The smallest absolute Gasteiger partial charge is 0.141 e. The minimum atomic E-state index is -0.200. The van der Waals surface area contributed by atoms with Crippen LogP contribution in [-0.2, 0) is 0 Å². The molecule has 0 saturated carbocycles. The Labute approximate surface area is 303 Å². The van der Waals surface area contributed by atoms with E-state index in [4.69, 9.17) is 8.83 Å². The van der Waals surface area contributed by atoms with Crippen molar-refractivity contribution in [2.75, 3.05) is 7.05 Å². The van der Waals surface area contributed by atoms with Crippen LogP contribution in [0, 0.1) is 0 Å². The Morgan fingerprint density at radius 2 is 1.23 bits per heavy atom. The van der Waals surface area contributed by atoms with Crippen molar-refractivity contribution in [3.8, 4) is 11.1 Å². The summed E-state index contributed by atoms with van der Waals surface area (Å²) in [6.45, 7) is 0. The Bertz CT molecular complexity index is 2980. The van der Waals surface area contributed by atoms with Gasteiger partial charge in [0.1, 0.15) is 22.3 Å². The first-order valence-corrected chi connectivity index (χ1v) is 18.6. The fraction of sp³-hybridized carbons (Fsp3) is 0.0870. The van der Waals surface area contributed by atoms with E-state index in [2.05, 4.69) is 162 Å². The van der Waals surface area contributed by atoms with Crippen molar-refractivity contribution in [1.29, 1.82) is 0 Å². The van der Waals surface area contributed by atoms with Crippen molar-refractivity contribution in [1.82, 2.24) is 15.5 Å². The van der Waals surface area contributed by atoms with Crippen LogP contribution in [-0.4, -0.2) is 11.9 Å². The van der Waals surface area contributed by atoms with Gasteiger partial charge in [-0.25, -0.2) is 0 Å². The molecule has 3 unspecified atom stereocenters. The van der Waals surface area contributed by atoms with Gasteiger partial charge in [-0.15, -0.1) is 11.3 Å². The van der Waals surface area contributed by atoms with Crippen LogP contribution in [0.1, 0.15) is 35.2 Å². The maximum absolute atomic E-state index is 6.76. The molecule has 0 spiro atoms. The van der Waals surface area contributed by atoms with Crippen LogP contribution in [0.5, 0.6) is 0 Å². The highest BCUT2D eigenvalue weighted by Crippen LogP contribution is 2.43. The number of thiophene rings is 1. The molecule has 3 aromatic heterocycles. The van der Waals surface area contributed by atoms with Crippen LogP contribution in [0.15, 0.2) is 160 Å². The van der Waals surface area contributed by atoms with Gasteiger partial charge < -0.3 is 8.83 Å². The minimum absolute atomic E-state index is 0.0585. The summed E-state index contributed by atoms with van der Waals surface area (Å²) in [6, 6.07) is 54.0. The van der Waals surface area contributed by atoms with Crippen LogP contribution in [0.25, 0.3) is 75.2 Å². The van der Waals surface area contributed by atoms with Crippen molar-refractivity contribution in [3.63, 3.8) is 0 Å². The maximum atomic E-state index is 6.76. The van der Waals surface area contributed by atoms with E-state index in [1.54, 1.807) is 0 Å². The highest BCUT2D eigenvalue weighted by Gasteiger charge is 2.36. The molecule has 250 valence electrons. The first-order chi connectivity index (χ1) is 25.7. The van der Waals surface area contributed by atoms with Gasteiger partial charge in [-0.3, -0.25) is 15.5 Å². The second-order valence-corrected chi connectivity index (χ2v) is 14.9. The molecule has 2 N–H and O–H groups in total. The van der Waals surface area contributed by atoms with E-state index in [0.717, 1.165) is 55.0 Å². The topological polar surface area (TPSA) is 53.6 Å². The molecule has 0 amide bonds. The molecule has 6 heteroatoms. The lowest BCUT2D eigenvalue weighted by molar-refractivity contribution is 0.0418. The third-order valence-corrected chi connectivity index (χ3v) is 12.1. The molecular formula is C46H33N3O2S. The molecule has 1 aliphatic rings. The van der Waals surface area contributed by atoms with Crippen molar-refractivity contribution in [2.45, 2.75) is 18.5 Å². The van der Waals surface area contributed by atoms with Crippen LogP contribution in [0.3, 0.4) is 0 Å². The van der Waals surface area contributed by atoms with Crippen LogP contribution >= 0.6 is 11.3 Å². The Balaban J connectivity index is 1.03.